The Morgan fingerprint density at radius 2 is 2.00 bits per heavy atom. The van der Waals surface area contributed by atoms with Crippen molar-refractivity contribution < 1.29 is 9.90 Å². The van der Waals surface area contributed by atoms with Crippen LogP contribution in [0.25, 0.3) is 0 Å². The van der Waals surface area contributed by atoms with Gasteiger partial charge in [0.2, 0.25) is 0 Å². The topological polar surface area (TPSA) is 37.3 Å². The lowest BCUT2D eigenvalue weighted by molar-refractivity contribution is -0.151. The number of carbonyl (C=O) groups excluding carboxylic acids is 1. The Morgan fingerprint density at radius 3 is 2.71 bits per heavy atom. The molecule has 0 saturated heterocycles. The summed E-state index contributed by atoms with van der Waals surface area (Å²) < 4.78 is 0. The van der Waals surface area contributed by atoms with E-state index in [-0.39, 0.29) is 17.4 Å². The van der Waals surface area contributed by atoms with Crippen molar-refractivity contribution in [3.05, 3.63) is 0 Å². The Morgan fingerprint density at radius 1 is 1.29 bits per heavy atom. The van der Waals surface area contributed by atoms with Crippen molar-refractivity contribution >= 4 is 5.78 Å². The fourth-order valence-electron chi connectivity index (χ4n) is 3.99. The summed E-state index contributed by atoms with van der Waals surface area (Å²) in [5.41, 5.74) is -0.169. The summed E-state index contributed by atoms with van der Waals surface area (Å²) in [4.78, 5) is 12.2. The molecule has 5 fully saturated rings. The molecule has 5 saturated carbocycles. The van der Waals surface area contributed by atoms with Gasteiger partial charge in [0.15, 0.2) is 0 Å². The van der Waals surface area contributed by atoms with E-state index in [2.05, 4.69) is 13.8 Å². The molecule has 5 rings (SSSR count). The van der Waals surface area contributed by atoms with Gasteiger partial charge in [-0.1, -0.05) is 13.8 Å². The molecule has 5 unspecified atom stereocenters. The van der Waals surface area contributed by atoms with E-state index in [4.69, 9.17) is 0 Å². The number of Topliss-reactive ketones (excluding diaryl/α,β-unsaturated/α-hetero) is 1. The standard InChI is InChI=1S/C12H18O2/c1-12(2)7-3-6-4-8(9(13)5-7)10(6)11(12)14/h6-10,13H,3-5H2,1-2H3. The quantitative estimate of drug-likeness (QED) is 0.636. The van der Waals surface area contributed by atoms with Gasteiger partial charge in [0, 0.05) is 11.3 Å². The molecule has 5 aliphatic rings. The molecular formula is C12H18O2. The first-order chi connectivity index (χ1) is 6.51. The number of carbonyl (C=O) groups is 1. The second-order valence-electron chi connectivity index (χ2n) is 6.01. The van der Waals surface area contributed by atoms with Crippen molar-refractivity contribution in [3.8, 4) is 0 Å². The van der Waals surface area contributed by atoms with E-state index in [1.165, 1.54) is 6.42 Å². The van der Waals surface area contributed by atoms with Crippen LogP contribution in [0.4, 0.5) is 0 Å². The number of hydrogen-bond acceptors (Lipinski definition) is 2. The normalized spacial score (nSPS) is 53.9. The molecule has 0 aliphatic heterocycles. The minimum atomic E-state index is -0.200. The Labute approximate surface area is 84.7 Å². The van der Waals surface area contributed by atoms with Crippen molar-refractivity contribution in [2.45, 2.75) is 39.2 Å². The Bertz CT molecular complexity index is 295. The minimum absolute atomic E-state index is 0.169. The van der Waals surface area contributed by atoms with Gasteiger partial charge in [-0.05, 0) is 37.0 Å². The molecule has 0 aromatic rings. The lowest BCUT2D eigenvalue weighted by Crippen LogP contribution is -2.53. The Hall–Kier alpha value is -0.370. The minimum Gasteiger partial charge on any atom is -0.393 e. The largest absolute Gasteiger partial charge is 0.393 e. The molecule has 0 amide bonds. The lowest BCUT2D eigenvalue weighted by Gasteiger charge is -2.50. The van der Waals surface area contributed by atoms with Crippen LogP contribution in [0, 0.1) is 29.1 Å². The van der Waals surface area contributed by atoms with Crippen molar-refractivity contribution in [1.82, 2.24) is 0 Å². The van der Waals surface area contributed by atoms with Crippen LogP contribution in [-0.2, 0) is 4.79 Å². The van der Waals surface area contributed by atoms with E-state index >= 15 is 0 Å². The van der Waals surface area contributed by atoms with Crippen LogP contribution in [0.15, 0.2) is 0 Å². The molecule has 0 spiro atoms. The van der Waals surface area contributed by atoms with Crippen LogP contribution in [-0.4, -0.2) is 17.0 Å². The van der Waals surface area contributed by atoms with Crippen molar-refractivity contribution in [2.24, 2.45) is 29.1 Å². The number of ketones is 1. The Kier molecular flexibility index (Phi) is 1.53. The van der Waals surface area contributed by atoms with Gasteiger partial charge in [-0.2, -0.15) is 0 Å². The molecule has 78 valence electrons. The zero-order valence-electron chi connectivity index (χ0n) is 8.86. The average Bonchev–Trinajstić information content (AvgIpc) is 2.31. The fraction of sp³-hybridized carbons (Fsp3) is 0.917. The molecule has 2 nitrogen and oxygen atoms in total. The van der Waals surface area contributed by atoms with E-state index in [0.29, 0.717) is 23.5 Å². The summed E-state index contributed by atoms with van der Waals surface area (Å²) in [5, 5.41) is 9.97. The smallest absolute Gasteiger partial charge is 0.142 e. The molecule has 4 bridgehead atoms. The van der Waals surface area contributed by atoms with Crippen LogP contribution in [0.5, 0.6) is 0 Å². The lowest BCUT2D eigenvalue weighted by atomic mass is 9.52. The molecule has 0 aromatic heterocycles. The molecule has 0 heterocycles. The van der Waals surface area contributed by atoms with Crippen LogP contribution in [0.1, 0.15) is 33.1 Å². The van der Waals surface area contributed by atoms with Gasteiger partial charge in [0.25, 0.3) is 0 Å². The monoisotopic (exact) mass is 194 g/mol. The third-order valence-corrected chi connectivity index (χ3v) is 5.11. The maximum atomic E-state index is 12.2. The summed E-state index contributed by atoms with van der Waals surface area (Å²) in [6.45, 7) is 4.15. The first-order valence-electron chi connectivity index (χ1n) is 5.74. The maximum absolute atomic E-state index is 12.2. The second-order valence-corrected chi connectivity index (χ2v) is 6.01. The van der Waals surface area contributed by atoms with E-state index in [1.807, 2.05) is 0 Å². The average molecular weight is 194 g/mol. The summed E-state index contributed by atoms with van der Waals surface area (Å²) in [6.07, 6.45) is 2.94. The van der Waals surface area contributed by atoms with Gasteiger partial charge in [0.1, 0.15) is 5.78 Å². The van der Waals surface area contributed by atoms with Gasteiger partial charge in [-0.15, -0.1) is 0 Å². The van der Waals surface area contributed by atoms with Gasteiger partial charge >= 0.3 is 0 Å². The van der Waals surface area contributed by atoms with Crippen molar-refractivity contribution in [1.29, 1.82) is 0 Å². The number of aliphatic hydroxyl groups is 1. The summed E-state index contributed by atoms with van der Waals surface area (Å²) in [5.74, 6) is 1.99. The predicted molar refractivity (Wildman–Crippen MR) is 52.6 cm³/mol. The van der Waals surface area contributed by atoms with Gasteiger partial charge in [-0.3, -0.25) is 4.79 Å². The third kappa shape index (κ3) is 0.837. The van der Waals surface area contributed by atoms with E-state index in [1.54, 1.807) is 0 Å². The maximum Gasteiger partial charge on any atom is 0.142 e. The summed E-state index contributed by atoms with van der Waals surface area (Å²) in [6, 6.07) is 0. The van der Waals surface area contributed by atoms with Gasteiger partial charge in [0.05, 0.1) is 6.10 Å². The second kappa shape index (κ2) is 2.41. The zero-order valence-corrected chi connectivity index (χ0v) is 8.86. The highest BCUT2D eigenvalue weighted by Crippen LogP contribution is 2.60. The summed E-state index contributed by atoms with van der Waals surface area (Å²) >= 11 is 0. The number of hydrogen-bond donors (Lipinski definition) is 1. The molecule has 5 atom stereocenters. The Balaban J connectivity index is 2.04. The van der Waals surface area contributed by atoms with Crippen LogP contribution >= 0.6 is 0 Å². The molecule has 14 heavy (non-hydrogen) atoms. The van der Waals surface area contributed by atoms with Crippen LogP contribution in [0.2, 0.25) is 0 Å². The molecular weight excluding hydrogens is 176 g/mol. The van der Waals surface area contributed by atoms with Gasteiger partial charge in [-0.25, -0.2) is 0 Å². The zero-order chi connectivity index (χ0) is 10.1. The third-order valence-electron chi connectivity index (χ3n) is 5.11. The summed E-state index contributed by atoms with van der Waals surface area (Å²) in [7, 11) is 0. The van der Waals surface area contributed by atoms with E-state index < -0.39 is 0 Å². The van der Waals surface area contributed by atoms with Crippen molar-refractivity contribution in [3.63, 3.8) is 0 Å². The highest BCUT2D eigenvalue weighted by atomic mass is 16.3. The number of aliphatic hydroxyl groups excluding tert-OH is 1. The highest BCUT2D eigenvalue weighted by molar-refractivity contribution is 5.89. The fourth-order valence-corrected chi connectivity index (χ4v) is 3.99. The van der Waals surface area contributed by atoms with Gasteiger partial charge < -0.3 is 5.11 Å². The molecule has 2 heteroatoms. The SMILES string of the molecule is CC1(C)C(=O)C2C3CC2C(O)CC1C3. The van der Waals surface area contributed by atoms with Crippen molar-refractivity contribution in [2.75, 3.05) is 0 Å². The first kappa shape index (κ1) is 8.90. The highest BCUT2D eigenvalue weighted by Gasteiger charge is 2.61. The molecule has 5 aliphatic carbocycles. The predicted octanol–water partition coefficient (Wildman–Crippen LogP) is 1.62. The molecule has 0 radical (unpaired) electrons. The number of fused-ring (bicyclic) bond motifs is 1. The van der Waals surface area contributed by atoms with E-state index in [0.717, 1.165) is 12.8 Å². The van der Waals surface area contributed by atoms with Crippen LogP contribution < -0.4 is 0 Å². The number of rotatable bonds is 0. The van der Waals surface area contributed by atoms with Crippen LogP contribution in [0.3, 0.4) is 0 Å². The van der Waals surface area contributed by atoms with E-state index in [9.17, 15) is 9.90 Å². The first-order valence-corrected chi connectivity index (χ1v) is 5.74. The molecule has 0 aromatic carbocycles. The molecule has 1 N–H and O–H groups in total.